The predicted octanol–water partition coefficient (Wildman–Crippen LogP) is 1.60. The molecule has 1 fully saturated rings. The van der Waals surface area contributed by atoms with Gasteiger partial charge in [-0.25, -0.2) is 4.98 Å². The van der Waals surface area contributed by atoms with E-state index in [0.29, 0.717) is 23.8 Å². The predicted molar refractivity (Wildman–Crippen MR) is 83.2 cm³/mol. The van der Waals surface area contributed by atoms with Crippen LogP contribution in [-0.4, -0.2) is 23.0 Å². The molecule has 5 N–H and O–H groups in total. The van der Waals surface area contributed by atoms with Gasteiger partial charge in [-0.3, -0.25) is 4.79 Å². The van der Waals surface area contributed by atoms with Gasteiger partial charge in [-0.1, -0.05) is 0 Å². The number of carbonyl (C=O) groups excluding carboxylic acids is 1. The van der Waals surface area contributed by atoms with Crippen LogP contribution in [-0.2, 0) is 12.8 Å². The number of rotatable bonds is 5. The standard InChI is InChI=1S/C16H24N4O/c1-16(9-17,11-6-7-11)20-15-12(14(18)21)8-10-4-2-3-5-13(10)19-15/h8,11H,2-7,9,17H2,1H3,(H2,18,21)(H,19,20). The fourth-order valence-corrected chi connectivity index (χ4v) is 3.23. The van der Waals surface area contributed by atoms with Crippen molar-refractivity contribution in [3.05, 3.63) is 22.9 Å². The Morgan fingerprint density at radius 2 is 2.14 bits per heavy atom. The molecule has 114 valence electrons. The second-order valence-corrected chi connectivity index (χ2v) is 6.58. The smallest absolute Gasteiger partial charge is 0.252 e. The lowest BCUT2D eigenvalue weighted by Crippen LogP contribution is -2.45. The van der Waals surface area contributed by atoms with Gasteiger partial charge in [0.05, 0.1) is 11.1 Å². The molecule has 0 aromatic carbocycles. The maximum Gasteiger partial charge on any atom is 0.252 e. The van der Waals surface area contributed by atoms with Crippen LogP contribution in [0.15, 0.2) is 6.07 Å². The minimum absolute atomic E-state index is 0.208. The molecule has 0 spiro atoms. The zero-order valence-corrected chi connectivity index (χ0v) is 12.6. The lowest BCUT2D eigenvalue weighted by molar-refractivity contribution is 0.100. The van der Waals surface area contributed by atoms with Crippen LogP contribution in [0.25, 0.3) is 0 Å². The highest BCUT2D eigenvalue weighted by molar-refractivity contribution is 5.98. The Kier molecular flexibility index (Phi) is 3.61. The maximum absolute atomic E-state index is 11.8. The first-order valence-corrected chi connectivity index (χ1v) is 7.84. The van der Waals surface area contributed by atoms with Gasteiger partial charge in [-0.2, -0.15) is 0 Å². The molecule has 0 radical (unpaired) electrons. The summed E-state index contributed by atoms with van der Waals surface area (Å²) in [4.78, 5) is 16.5. The number of hydrogen-bond acceptors (Lipinski definition) is 4. The summed E-state index contributed by atoms with van der Waals surface area (Å²) in [5.41, 5.74) is 14.1. The Hall–Kier alpha value is -1.62. The summed E-state index contributed by atoms with van der Waals surface area (Å²) in [7, 11) is 0. The summed E-state index contributed by atoms with van der Waals surface area (Å²) in [6.45, 7) is 2.63. The van der Waals surface area contributed by atoms with Gasteiger partial charge < -0.3 is 16.8 Å². The molecule has 2 aliphatic rings. The second-order valence-electron chi connectivity index (χ2n) is 6.58. The van der Waals surface area contributed by atoms with Crippen molar-refractivity contribution in [1.29, 1.82) is 0 Å². The molecule has 1 atom stereocenters. The molecule has 1 unspecified atom stereocenters. The van der Waals surface area contributed by atoms with E-state index in [9.17, 15) is 4.79 Å². The van der Waals surface area contributed by atoms with E-state index in [1.165, 1.54) is 18.4 Å². The molecule has 1 aromatic heterocycles. The molecule has 21 heavy (non-hydrogen) atoms. The third-order valence-corrected chi connectivity index (χ3v) is 4.87. The van der Waals surface area contributed by atoms with Crippen LogP contribution in [0.4, 0.5) is 5.82 Å². The van der Waals surface area contributed by atoms with Crippen LogP contribution >= 0.6 is 0 Å². The minimum Gasteiger partial charge on any atom is -0.365 e. The van der Waals surface area contributed by atoms with Gasteiger partial charge in [0.25, 0.3) is 5.91 Å². The van der Waals surface area contributed by atoms with Gasteiger partial charge in [-0.15, -0.1) is 0 Å². The number of primary amides is 1. The molecular weight excluding hydrogens is 264 g/mol. The van der Waals surface area contributed by atoms with Gasteiger partial charge in [0.2, 0.25) is 0 Å². The number of pyridine rings is 1. The maximum atomic E-state index is 11.8. The second kappa shape index (κ2) is 5.30. The number of nitrogens with zero attached hydrogens (tertiary/aromatic N) is 1. The molecule has 5 heteroatoms. The zero-order chi connectivity index (χ0) is 15.0. The van der Waals surface area contributed by atoms with E-state index in [4.69, 9.17) is 16.5 Å². The summed E-state index contributed by atoms with van der Waals surface area (Å²) >= 11 is 0. The first-order valence-electron chi connectivity index (χ1n) is 7.84. The quantitative estimate of drug-likeness (QED) is 0.767. The molecule has 1 aromatic rings. The van der Waals surface area contributed by atoms with Crippen molar-refractivity contribution in [2.45, 2.75) is 51.0 Å². The fourth-order valence-electron chi connectivity index (χ4n) is 3.23. The third kappa shape index (κ3) is 2.75. The number of hydrogen-bond donors (Lipinski definition) is 3. The van der Waals surface area contributed by atoms with Crippen LogP contribution in [0.2, 0.25) is 0 Å². The number of nitrogens with one attached hydrogen (secondary N) is 1. The Bertz CT molecular complexity index is 568. The van der Waals surface area contributed by atoms with Gasteiger partial charge >= 0.3 is 0 Å². The highest BCUT2D eigenvalue weighted by Crippen LogP contribution is 2.41. The molecule has 0 bridgehead atoms. The van der Waals surface area contributed by atoms with E-state index in [0.717, 1.165) is 31.4 Å². The molecule has 3 rings (SSSR count). The fraction of sp³-hybridized carbons (Fsp3) is 0.625. The number of amides is 1. The van der Waals surface area contributed by atoms with Crippen LogP contribution in [0, 0.1) is 5.92 Å². The first-order chi connectivity index (χ1) is 10.0. The van der Waals surface area contributed by atoms with Gasteiger partial charge in [0, 0.05) is 12.2 Å². The van der Waals surface area contributed by atoms with Crippen LogP contribution in [0.5, 0.6) is 0 Å². The van der Waals surface area contributed by atoms with E-state index in [1.54, 1.807) is 0 Å². The van der Waals surface area contributed by atoms with E-state index in [2.05, 4.69) is 12.2 Å². The van der Waals surface area contributed by atoms with Crippen molar-refractivity contribution in [1.82, 2.24) is 4.98 Å². The van der Waals surface area contributed by atoms with Crippen LogP contribution in [0.3, 0.4) is 0 Å². The number of aromatic nitrogens is 1. The molecule has 5 nitrogen and oxygen atoms in total. The molecule has 0 aliphatic heterocycles. The highest BCUT2D eigenvalue weighted by atomic mass is 16.1. The molecule has 2 aliphatic carbocycles. The summed E-state index contributed by atoms with van der Waals surface area (Å²) in [5, 5.41) is 3.43. The minimum atomic E-state index is -0.423. The van der Waals surface area contributed by atoms with Crippen molar-refractivity contribution in [2.24, 2.45) is 17.4 Å². The van der Waals surface area contributed by atoms with E-state index in [1.807, 2.05) is 6.07 Å². The Labute approximate surface area is 125 Å². The van der Waals surface area contributed by atoms with Crippen molar-refractivity contribution in [3.63, 3.8) is 0 Å². The van der Waals surface area contributed by atoms with Gasteiger partial charge in [-0.05, 0) is 63.0 Å². The lowest BCUT2D eigenvalue weighted by atomic mass is 9.93. The number of nitrogens with two attached hydrogens (primary N) is 2. The molecule has 1 amide bonds. The van der Waals surface area contributed by atoms with Crippen molar-refractivity contribution >= 4 is 11.7 Å². The van der Waals surface area contributed by atoms with Crippen molar-refractivity contribution < 1.29 is 4.79 Å². The summed E-state index contributed by atoms with van der Waals surface area (Å²) in [6.07, 6.45) is 6.63. The molecular formula is C16H24N4O. The van der Waals surface area contributed by atoms with Crippen LogP contribution in [0.1, 0.15) is 54.2 Å². The third-order valence-electron chi connectivity index (χ3n) is 4.87. The van der Waals surface area contributed by atoms with Crippen molar-refractivity contribution in [2.75, 3.05) is 11.9 Å². The number of carbonyl (C=O) groups is 1. The summed E-state index contributed by atoms with van der Waals surface area (Å²) in [6, 6.07) is 1.93. The average molecular weight is 288 g/mol. The highest BCUT2D eigenvalue weighted by Gasteiger charge is 2.41. The summed E-state index contributed by atoms with van der Waals surface area (Å²) in [5.74, 6) is 0.748. The Morgan fingerprint density at radius 3 is 2.76 bits per heavy atom. The summed E-state index contributed by atoms with van der Waals surface area (Å²) < 4.78 is 0. The zero-order valence-electron chi connectivity index (χ0n) is 12.6. The monoisotopic (exact) mass is 288 g/mol. The topological polar surface area (TPSA) is 94.0 Å². The number of aryl methyl sites for hydroxylation is 2. The Balaban J connectivity index is 1.97. The number of anilines is 1. The van der Waals surface area contributed by atoms with Crippen molar-refractivity contribution in [3.8, 4) is 0 Å². The average Bonchev–Trinajstić information content (AvgIpc) is 3.31. The number of fused-ring (bicyclic) bond motifs is 1. The largest absolute Gasteiger partial charge is 0.365 e. The molecule has 1 heterocycles. The van der Waals surface area contributed by atoms with Crippen LogP contribution < -0.4 is 16.8 Å². The lowest BCUT2D eigenvalue weighted by Gasteiger charge is -2.31. The molecule has 1 saturated carbocycles. The van der Waals surface area contributed by atoms with Gasteiger partial charge in [0.1, 0.15) is 5.82 Å². The molecule has 0 saturated heterocycles. The van der Waals surface area contributed by atoms with E-state index < -0.39 is 5.91 Å². The van der Waals surface area contributed by atoms with E-state index >= 15 is 0 Å². The normalized spacial score (nSPS) is 20.5. The first kappa shape index (κ1) is 14.3. The van der Waals surface area contributed by atoms with E-state index in [-0.39, 0.29) is 5.54 Å². The SMILES string of the molecule is CC(CN)(Nc1nc2c(cc1C(N)=O)CCCC2)C1CC1. The Morgan fingerprint density at radius 1 is 1.43 bits per heavy atom. The van der Waals surface area contributed by atoms with Gasteiger partial charge in [0.15, 0.2) is 0 Å².